The highest BCUT2D eigenvalue weighted by molar-refractivity contribution is 5.21. The molecule has 18 heavy (non-hydrogen) atoms. The molecule has 3 heteroatoms. The van der Waals surface area contributed by atoms with Crippen LogP contribution in [0.3, 0.4) is 0 Å². The van der Waals surface area contributed by atoms with Crippen molar-refractivity contribution in [2.75, 3.05) is 13.1 Å². The van der Waals surface area contributed by atoms with Crippen molar-refractivity contribution in [2.24, 2.45) is 0 Å². The SMILES string of the molecule is CC(NC1CCN2CCCC12)c1ccccc1F. The lowest BCUT2D eigenvalue weighted by Gasteiger charge is -2.25. The molecule has 3 unspecified atom stereocenters. The van der Waals surface area contributed by atoms with Crippen LogP contribution in [0.4, 0.5) is 4.39 Å². The molecule has 3 atom stereocenters. The van der Waals surface area contributed by atoms with Gasteiger partial charge >= 0.3 is 0 Å². The molecule has 2 saturated heterocycles. The lowest BCUT2D eigenvalue weighted by molar-refractivity contribution is 0.290. The van der Waals surface area contributed by atoms with Gasteiger partial charge in [-0.25, -0.2) is 4.39 Å². The van der Waals surface area contributed by atoms with Crippen molar-refractivity contribution in [1.29, 1.82) is 0 Å². The second kappa shape index (κ2) is 4.98. The molecule has 2 nitrogen and oxygen atoms in total. The first-order valence-corrected chi connectivity index (χ1v) is 7.00. The van der Waals surface area contributed by atoms with E-state index in [9.17, 15) is 4.39 Å². The first-order valence-electron chi connectivity index (χ1n) is 7.00. The summed E-state index contributed by atoms with van der Waals surface area (Å²) in [5.74, 6) is -0.0984. The first-order chi connectivity index (χ1) is 8.75. The van der Waals surface area contributed by atoms with E-state index < -0.39 is 0 Å². The van der Waals surface area contributed by atoms with Crippen molar-refractivity contribution in [1.82, 2.24) is 10.2 Å². The fraction of sp³-hybridized carbons (Fsp3) is 0.600. The third kappa shape index (κ3) is 2.17. The molecule has 1 aromatic carbocycles. The highest BCUT2D eigenvalue weighted by Gasteiger charge is 2.37. The molecule has 0 saturated carbocycles. The van der Waals surface area contributed by atoms with Gasteiger partial charge in [0, 0.05) is 30.2 Å². The van der Waals surface area contributed by atoms with E-state index in [0.717, 1.165) is 5.56 Å². The van der Waals surface area contributed by atoms with Crippen LogP contribution < -0.4 is 5.32 Å². The number of nitrogens with one attached hydrogen (secondary N) is 1. The number of rotatable bonds is 3. The van der Waals surface area contributed by atoms with Crippen molar-refractivity contribution < 1.29 is 4.39 Å². The van der Waals surface area contributed by atoms with Gasteiger partial charge in [0.05, 0.1) is 0 Å². The third-order valence-electron chi connectivity index (χ3n) is 4.44. The summed E-state index contributed by atoms with van der Waals surface area (Å²) in [6, 6.07) is 8.39. The van der Waals surface area contributed by atoms with E-state index in [1.54, 1.807) is 12.1 Å². The van der Waals surface area contributed by atoms with E-state index in [-0.39, 0.29) is 11.9 Å². The van der Waals surface area contributed by atoms with Gasteiger partial charge in [0.15, 0.2) is 0 Å². The van der Waals surface area contributed by atoms with E-state index in [2.05, 4.69) is 17.1 Å². The van der Waals surface area contributed by atoms with Gasteiger partial charge in [-0.15, -0.1) is 0 Å². The zero-order valence-electron chi connectivity index (χ0n) is 10.9. The number of fused-ring (bicyclic) bond motifs is 1. The minimum absolute atomic E-state index is 0.0942. The van der Waals surface area contributed by atoms with Crippen molar-refractivity contribution >= 4 is 0 Å². The Morgan fingerprint density at radius 3 is 2.94 bits per heavy atom. The maximum absolute atomic E-state index is 13.7. The zero-order valence-corrected chi connectivity index (χ0v) is 10.9. The molecule has 0 aliphatic carbocycles. The molecule has 3 rings (SSSR count). The topological polar surface area (TPSA) is 15.3 Å². The molecule has 2 fully saturated rings. The van der Waals surface area contributed by atoms with E-state index in [0.29, 0.717) is 12.1 Å². The maximum atomic E-state index is 13.7. The predicted octanol–water partition coefficient (Wildman–Crippen LogP) is 2.71. The minimum atomic E-state index is -0.0984. The number of nitrogens with zero attached hydrogens (tertiary/aromatic N) is 1. The van der Waals surface area contributed by atoms with E-state index >= 15 is 0 Å². The molecular formula is C15H21FN2. The Morgan fingerprint density at radius 2 is 2.11 bits per heavy atom. The summed E-state index contributed by atoms with van der Waals surface area (Å²) in [5.41, 5.74) is 0.786. The summed E-state index contributed by atoms with van der Waals surface area (Å²) >= 11 is 0. The van der Waals surface area contributed by atoms with E-state index in [1.807, 2.05) is 12.1 Å². The Hall–Kier alpha value is -0.930. The van der Waals surface area contributed by atoms with Crippen LogP contribution >= 0.6 is 0 Å². The molecule has 2 heterocycles. The average Bonchev–Trinajstić information content (AvgIpc) is 2.94. The van der Waals surface area contributed by atoms with Crippen LogP contribution in [-0.4, -0.2) is 30.1 Å². The van der Waals surface area contributed by atoms with Crippen LogP contribution in [0.2, 0.25) is 0 Å². The fourth-order valence-electron chi connectivity index (χ4n) is 3.51. The van der Waals surface area contributed by atoms with Gasteiger partial charge in [-0.2, -0.15) is 0 Å². The molecular weight excluding hydrogens is 227 g/mol. The summed E-state index contributed by atoms with van der Waals surface area (Å²) in [7, 11) is 0. The smallest absolute Gasteiger partial charge is 0.127 e. The molecule has 2 aliphatic heterocycles. The van der Waals surface area contributed by atoms with Crippen molar-refractivity contribution in [3.63, 3.8) is 0 Å². The Bertz CT molecular complexity index is 421. The van der Waals surface area contributed by atoms with Gasteiger partial charge in [-0.1, -0.05) is 18.2 Å². The second-order valence-corrected chi connectivity index (χ2v) is 5.55. The van der Waals surface area contributed by atoms with Crippen LogP contribution in [0.15, 0.2) is 24.3 Å². The summed E-state index contributed by atoms with van der Waals surface area (Å²) in [6.07, 6.45) is 3.81. The lowest BCUT2D eigenvalue weighted by Crippen LogP contribution is -2.40. The average molecular weight is 248 g/mol. The van der Waals surface area contributed by atoms with Crippen LogP contribution in [0, 0.1) is 5.82 Å². The molecule has 0 amide bonds. The highest BCUT2D eigenvalue weighted by atomic mass is 19.1. The Balaban J connectivity index is 1.68. The van der Waals surface area contributed by atoms with Gasteiger partial charge in [0.2, 0.25) is 0 Å². The highest BCUT2D eigenvalue weighted by Crippen LogP contribution is 2.29. The number of halogens is 1. The molecule has 1 N–H and O–H groups in total. The van der Waals surface area contributed by atoms with Crippen molar-refractivity contribution in [2.45, 2.75) is 44.3 Å². The van der Waals surface area contributed by atoms with Gasteiger partial charge in [-0.3, -0.25) is 4.90 Å². The van der Waals surface area contributed by atoms with Gasteiger partial charge in [0.25, 0.3) is 0 Å². The molecule has 98 valence electrons. The predicted molar refractivity (Wildman–Crippen MR) is 71.0 cm³/mol. The zero-order chi connectivity index (χ0) is 12.5. The second-order valence-electron chi connectivity index (χ2n) is 5.55. The van der Waals surface area contributed by atoms with Crippen LogP contribution in [-0.2, 0) is 0 Å². The maximum Gasteiger partial charge on any atom is 0.127 e. The molecule has 0 bridgehead atoms. The third-order valence-corrected chi connectivity index (χ3v) is 4.44. The summed E-state index contributed by atoms with van der Waals surface area (Å²) < 4.78 is 13.7. The number of hydrogen-bond acceptors (Lipinski definition) is 2. The van der Waals surface area contributed by atoms with Gasteiger partial charge in [-0.05, 0) is 38.8 Å². The summed E-state index contributed by atoms with van der Waals surface area (Å²) in [5, 5.41) is 3.63. The van der Waals surface area contributed by atoms with E-state index in [1.165, 1.54) is 32.4 Å². The number of hydrogen-bond donors (Lipinski definition) is 1. The largest absolute Gasteiger partial charge is 0.306 e. The molecule has 1 aromatic rings. The van der Waals surface area contributed by atoms with E-state index in [4.69, 9.17) is 0 Å². The van der Waals surface area contributed by atoms with Crippen LogP contribution in [0.1, 0.15) is 37.8 Å². The molecule has 0 aromatic heterocycles. The molecule has 2 aliphatic rings. The standard InChI is InChI=1S/C15H21FN2/c1-11(12-5-2-3-6-13(12)16)17-14-8-10-18-9-4-7-15(14)18/h2-3,5-6,11,14-15,17H,4,7-10H2,1H3. The van der Waals surface area contributed by atoms with Crippen LogP contribution in [0.5, 0.6) is 0 Å². The Morgan fingerprint density at radius 1 is 1.28 bits per heavy atom. The Kier molecular flexibility index (Phi) is 3.35. The van der Waals surface area contributed by atoms with Crippen LogP contribution in [0.25, 0.3) is 0 Å². The quantitative estimate of drug-likeness (QED) is 0.885. The molecule has 0 radical (unpaired) electrons. The summed E-state index contributed by atoms with van der Waals surface area (Å²) in [4.78, 5) is 2.58. The monoisotopic (exact) mass is 248 g/mol. The summed E-state index contributed by atoms with van der Waals surface area (Å²) in [6.45, 7) is 4.51. The normalized spacial score (nSPS) is 29.4. The van der Waals surface area contributed by atoms with Crippen molar-refractivity contribution in [3.05, 3.63) is 35.6 Å². The molecule has 0 spiro atoms. The van der Waals surface area contributed by atoms with Gasteiger partial charge in [0.1, 0.15) is 5.82 Å². The lowest BCUT2D eigenvalue weighted by atomic mass is 10.0. The van der Waals surface area contributed by atoms with Gasteiger partial charge < -0.3 is 5.32 Å². The van der Waals surface area contributed by atoms with Crippen molar-refractivity contribution in [3.8, 4) is 0 Å². The number of benzene rings is 1. The first kappa shape index (κ1) is 12.1. The Labute approximate surface area is 108 Å². The minimum Gasteiger partial charge on any atom is -0.306 e. The fourth-order valence-corrected chi connectivity index (χ4v) is 3.51.